The predicted octanol–water partition coefficient (Wildman–Crippen LogP) is 2.96. The number of carbonyl (C=O) groups excluding carboxylic acids is 1. The molecule has 0 aliphatic carbocycles. The van der Waals surface area contributed by atoms with Crippen molar-refractivity contribution in [3.8, 4) is 0 Å². The van der Waals surface area contributed by atoms with Gasteiger partial charge in [-0.05, 0) is 29.8 Å². The summed E-state index contributed by atoms with van der Waals surface area (Å²) in [6.45, 7) is 1.55. The van der Waals surface area contributed by atoms with Crippen molar-refractivity contribution >= 4 is 5.78 Å². The minimum atomic E-state index is -0.231. The molecule has 88 valence electrons. The second-order valence-corrected chi connectivity index (χ2v) is 4.13. The minimum Gasteiger partial charge on any atom is -0.345 e. The number of aromatic nitrogens is 1. The molecule has 2 rings (SSSR count). The van der Waals surface area contributed by atoms with Gasteiger partial charge in [0.05, 0.1) is 5.69 Å². The zero-order chi connectivity index (χ0) is 12.4. The maximum Gasteiger partial charge on any atom is 0.176 e. The molecule has 0 amide bonds. The van der Waals surface area contributed by atoms with Gasteiger partial charge in [-0.15, -0.1) is 0 Å². The highest BCUT2D eigenvalue weighted by atomic mass is 19.1. The summed E-state index contributed by atoms with van der Waals surface area (Å²) in [5.74, 6) is -0.178. The van der Waals surface area contributed by atoms with Crippen LogP contribution in [0, 0.1) is 5.82 Å². The second kappa shape index (κ2) is 4.53. The maximum absolute atomic E-state index is 12.8. The lowest BCUT2D eigenvalue weighted by molar-refractivity contribution is 0.101. The highest BCUT2D eigenvalue weighted by Gasteiger charge is 2.08. The van der Waals surface area contributed by atoms with E-state index in [1.165, 1.54) is 12.1 Å². The van der Waals surface area contributed by atoms with Crippen LogP contribution < -0.4 is 0 Å². The lowest BCUT2D eigenvalue weighted by Gasteiger charge is -2.06. The van der Waals surface area contributed by atoms with E-state index in [4.69, 9.17) is 0 Å². The van der Waals surface area contributed by atoms with Crippen LogP contribution >= 0.6 is 0 Å². The summed E-state index contributed by atoms with van der Waals surface area (Å²) in [6, 6.07) is 10.2. The predicted molar refractivity (Wildman–Crippen MR) is 64.6 cm³/mol. The van der Waals surface area contributed by atoms with Gasteiger partial charge in [0.1, 0.15) is 5.82 Å². The first-order valence-corrected chi connectivity index (χ1v) is 5.48. The maximum atomic E-state index is 12.8. The molecular formula is C14H14FNO. The van der Waals surface area contributed by atoms with Gasteiger partial charge in [0, 0.05) is 26.1 Å². The van der Waals surface area contributed by atoms with Gasteiger partial charge in [-0.3, -0.25) is 4.79 Å². The average molecular weight is 231 g/mol. The molecule has 1 heterocycles. The number of nitrogens with zero attached hydrogens (tertiary/aromatic N) is 1. The molecule has 0 saturated heterocycles. The summed E-state index contributed by atoms with van der Waals surface area (Å²) in [4.78, 5) is 11.3. The number of halogens is 1. The van der Waals surface area contributed by atoms with Gasteiger partial charge in [0.15, 0.2) is 5.78 Å². The quantitative estimate of drug-likeness (QED) is 0.744. The fraction of sp³-hybridized carbons (Fsp3) is 0.214. The number of hydrogen-bond donors (Lipinski definition) is 0. The largest absolute Gasteiger partial charge is 0.345 e. The Balaban J connectivity index is 2.24. The van der Waals surface area contributed by atoms with Crippen molar-refractivity contribution in [2.45, 2.75) is 13.3 Å². The van der Waals surface area contributed by atoms with E-state index in [2.05, 4.69) is 0 Å². The Morgan fingerprint density at radius 2 is 1.82 bits per heavy atom. The van der Waals surface area contributed by atoms with Gasteiger partial charge in [0.25, 0.3) is 0 Å². The normalized spacial score (nSPS) is 10.5. The topological polar surface area (TPSA) is 22.0 Å². The number of hydrogen-bond acceptors (Lipinski definition) is 1. The molecule has 3 heteroatoms. The monoisotopic (exact) mass is 231 g/mol. The van der Waals surface area contributed by atoms with E-state index in [0.717, 1.165) is 11.3 Å². The molecule has 0 atom stereocenters. The van der Waals surface area contributed by atoms with Crippen LogP contribution in [0.5, 0.6) is 0 Å². The highest BCUT2D eigenvalue weighted by molar-refractivity contribution is 5.92. The fourth-order valence-electron chi connectivity index (χ4n) is 1.90. The molecule has 0 spiro atoms. The van der Waals surface area contributed by atoms with Gasteiger partial charge in [0.2, 0.25) is 0 Å². The summed E-state index contributed by atoms with van der Waals surface area (Å²) in [5.41, 5.74) is 2.77. The number of carbonyl (C=O) groups is 1. The lowest BCUT2D eigenvalue weighted by atomic mass is 10.1. The SMILES string of the molecule is CC(=O)c1ccc(Cc2ccc(F)cc2)n1C. The van der Waals surface area contributed by atoms with Crippen LogP contribution in [0.2, 0.25) is 0 Å². The van der Waals surface area contributed by atoms with E-state index in [1.807, 2.05) is 23.7 Å². The molecule has 0 aliphatic rings. The lowest BCUT2D eigenvalue weighted by Crippen LogP contribution is -2.05. The van der Waals surface area contributed by atoms with Crippen LogP contribution in [0.1, 0.15) is 28.7 Å². The second-order valence-electron chi connectivity index (χ2n) is 4.13. The summed E-state index contributed by atoms with van der Waals surface area (Å²) >= 11 is 0. The highest BCUT2D eigenvalue weighted by Crippen LogP contribution is 2.13. The van der Waals surface area contributed by atoms with Crippen molar-refractivity contribution < 1.29 is 9.18 Å². The third-order valence-electron chi connectivity index (χ3n) is 2.88. The van der Waals surface area contributed by atoms with Crippen LogP contribution in [0.4, 0.5) is 4.39 Å². The molecule has 0 fully saturated rings. The van der Waals surface area contributed by atoms with Crippen molar-refractivity contribution in [1.29, 1.82) is 0 Å². The molecule has 2 aromatic rings. The Hall–Kier alpha value is -1.90. The first-order valence-electron chi connectivity index (χ1n) is 5.48. The van der Waals surface area contributed by atoms with Gasteiger partial charge < -0.3 is 4.57 Å². The molecule has 0 unspecified atom stereocenters. The van der Waals surface area contributed by atoms with E-state index in [0.29, 0.717) is 12.1 Å². The van der Waals surface area contributed by atoms with Crippen molar-refractivity contribution in [2.24, 2.45) is 7.05 Å². The molecule has 0 bridgehead atoms. The van der Waals surface area contributed by atoms with E-state index in [9.17, 15) is 9.18 Å². The first-order chi connectivity index (χ1) is 8.08. The van der Waals surface area contributed by atoms with Crippen LogP contribution in [-0.2, 0) is 13.5 Å². The van der Waals surface area contributed by atoms with Crippen LogP contribution in [0.15, 0.2) is 36.4 Å². The Labute approximate surface area is 99.7 Å². The molecule has 0 N–H and O–H groups in total. The Morgan fingerprint density at radius 1 is 1.18 bits per heavy atom. The van der Waals surface area contributed by atoms with Crippen molar-refractivity contribution in [3.05, 3.63) is 59.2 Å². The summed E-state index contributed by atoms with van der Waals surface area (Å²) < 4.78 is 14.6. The third-order valence-corrected chi connectivity index (χ3v) is 2.88. The summed E-state index contributed by atoms with van der Waals surface area (Å²) in [5, 5.41) is 0. The van der Waals surface area contributed by atoms with Crippen LogP contribution in [0.25, 0.3) is 0 Å². The van der Waals surface area contributed by atoms with Gasteiger partial charge >= 0.3 is 0 Å². The third kappa shape index (κ3) is 2.44. The van der Waals surface area contributed by atoms with E-state index in [-0.39, 0.29) is 11.6 Å². The molecule has 2 nitrogen and oxygen atoms in total. The Morgan fingerprint density at radius 3 is 2.35 bits per heavy atom. The van der Waals surface area contributed by atoms with Gasteiger partial charge in [-0.2, -0.15) is 0 Å². The zero-order valence-corrected chi connectivity index (χ0v) is 9.90. The molecule has 1 aromatic carbocycles. The van der Waals surface area contributed by atoms with Crippen molar-refractivity contribution in [2.75, 3.05) is 0 Å². The van der Waals surface area contributed by atoms with Crippen molar-refractivity contribution in [1.82, 2.24) is 4.57 Å². The van der Waals surface area contributed by atoms with E-state index >= 15 is 0 Å². The average Bonchev–Trinajstić information content (AvgIpc) is 2.64. The molecule has 17 heavy (non-hydrogen) atoms. The molecule has 0 saturated carbocycles. The van der Waals surface area contributed by atoms with Gasteiger partial charge in [-0.1, -0.05) is 12.1 Å². The summed E-state index contributed by atoms with van der Waals surface area (Å²) in [7, 11) is 1.87. The zero-order valence-electron chi connectivity index (χ0n) is 9.90. The number of benzene rings is 1. The standard InChI is InChI=1S/C14H14FNO/c1-10(17)14-8-7-13(16(14)2)9-11-3-5-12(15)6-4-11/h3-8H,9H2,1-2H3. The van der Waals surface area contributed by atoms with E-state index in [1.54, 1.807) is 19.1 Å². The molecule has 0 radical (unpaired) electrons. The first kappa shape index (κ1) is 11.6. The molecule has 1 aromatic heterocycles. The number of Topliss-reactive ketones (excluding diaryl/α,β-unsaturated/α-hetero) is 1. The van der Waals surface area contributed by atoms with Crippen LogP contribution in [-0.4, -0.2) is 10.4 Å². The number of ketones is 1. The Bertz CT molecular complexity index is 540. The molecule has 0 aliphatic heterocycles. The fourth-order valence-corrected chi connectivity index (χ4v) is 1.90. The minimum absolute atomic E-state index is 0.0536. The van der Waals surface area contributed by atoms with Gasteiger partial charge in [-0.25, -0.2) is 4.39 Å². The summed E-state index contributed by atoms with van der Waals surface area (Å²) in [6.07, 6.45) is 0.698. The number of rotatable bonds is 3. The van der Waals surface area contributed by atoms with Crippen molar-refractivity contribution in [3.63, 3.8) is 0 Å². The van der Waals surface area contributed by atoms with Crippen LogP contribution in [0.3, 0.4) is 0 Å². The molecular weight excluding hydrogens is 217 g/mol. The smallest absolute Gasteiger partial charge is 0.176 e. The van der Waals surface area contributed by atoms with E-state index < -0.39 is 0 Å². The Kier molecular flexibility index (Phi) is 3.09.